The highest BCUT2D eigenvalue weighted by Crippen LogP contribution is 2.53. The van der Waals surface area contributed by atoms with E-state index in [9.17, 15) is 27.6 Å². The fraction of sp³-hybridized carbons (Fsp3) is 0.500. The number of carbonyl (C=O) groups is 1. The largest absolute Gasteiger partial charge is 0.320 e. The van der Waals surface area contributed by atoms with Crippen molar-refractivity contribution >= 4 is 35.0 Å². The average molecular weight is 468 g/mol. The predicted octanol–water partition coefficient (Wildman–Crippen LogP) is 4.58. The summed E-state index contributed by atoms with van der Waals surface area (Å²) >= 11 is 7.30. The van der Waals surface area contributed by atoms with E-state index in [1.807, 2.05) is 0 Å². The van der Waals surface area contributed by atoms with Gasteiger partial charge in [0.1, 0.15) is 10.7 Å². The zero-order valence-electron chi connectivity index (χ0n) is 16.3. The average Bonchev–Trinajstić information content (AvgIpc) is 2.90. The van der Waals surface area contributed by atoms with Crippen LogP contribution in [0.25, 0.3) is 0 Å². The second kappa shape index (κ2) is 7.60. The Morgan fingerprint density at radius 2 is 2.10 bits per heavy atom. The number of halogens is 5. The summed E-state index contributed by atoms with van der Waals surface area (Å²) in [7, 11) is 0. The molecule has 0 spiro atoms. The second-order valence-corrected chi connectivity index (χ2v) is 9.04. The molecule has 0 radical (unpaired) electrons. The first kappa shape index (κ1) is 22.7. The zero-order chi connectivity index (χ0) is 22.5. The Hall–Kier alpha value is -2.01. The molecule has 0 atom stereocenters. The minimum Gasteiger partial charge on any atom is -0.320 e. The van der Waals surface area contributed by atoms with Gasteiger partial charge in [-0.1, -0.05) is 30.3 Å². The maximum atomic E-state index is 13.9. The molecule has 0 bridgehead atoms. The number of hydrogen-bond acceptors (Lipinski definition) is 4. The molecule has 3 rings (SSSR count). The van der Waals surface area contributed by atoms with Gasteiger partial charge in [0.05, 0.1) is 5.69 Å². The van der Waals surface area contributed by atoms with E-state index in [1.54, 1.807) is 13.2 Å². The van der Waals surface area contributed by atoms with Gasteiger partial charge in [-0.25, -0.2) is 8.78 Å². The fourth-order valence-electron chi connectivity index (χ4n) is 3.61. The maximum absolute atomic E-state index is 13.9. The molecule has 0 unspecified atom stereocenters. The number of anilines is 1. The molecule has 0 aromatic carbocycles. The number of alkyl halides is 4. The number of hydrogen-bond donors (Lipinski definition) is 2. The molecule has 1 aliphatic rings. The number of aromatic nitrogens is 3. The molecular formula is C18H20ClF4N4O2S+. The lowest BCUT2D eigenvalue weighted by Gasteiger charge is -2.44. The molecular weight excluding hydrogens is 448 g/mol. The normalized spacial score (nSPS) is 17.5. The van der Waals surface area contributed by atoms with Crippen LogP contribution in [0.4, 0.5) is 23.2 Å². The number of rotatable bonds is 6. The molecule has 0 aliphatic heterocycles. The maximum Gasteiger partial charge on any atom is 0.292 e. The van der Waals surface area contributed by atoms with E-state index in [0.717, 1.165) is 9.41 Å². The van der Waals surface area contributed by atoms with Crippen LogP contribution in [0.1, 0.15) is 42.9 Å². The van der Waals surface area contributed by atoms with Gasteiger partial charge in [-0.15, -0.1) is 0 Å². The second-order valence-electron chi connectivity index (χ2n) is 7.83. The molecule has 1 fully saturated rings. The van der Waals surface area contributed by atoms with Crippen LogP contribution in [-0.2, 0) is 12.5 Å². The van der Waals surface area contributed by atoms with Gasteiger partial charge in [0.15, 0.2) is 5.69 Å². The quantitative estimate of drug-likeness (QED) is 0.282. The third kappa shape index (κ3) is 4.51. The highest BCUT2D eigenvalue weighted by atomic mass is 35.5. The van der Waals surface area contributed by atoms with Gasteiger partial charge < -0.3 is 5.32 Å². The van der Waals surface area contributed by atoms with Gasteiger partial charge in [-0.2, -0.15) is 13.9 Å². The molecule has 1 saturated carbocycles. The van der Waals surface area contributed by atoms with Crippen LogP contribution in [0, 0.1) is 5.41 Å². The molecule has 2 aromatic heterocycles. The topological polar surface area (TPSA) is 71.0 Å². The fourth-order valence-corrected chi connectivity index (χ4v) is 4.49. The molecule has 2 aromatic rings. The summed E-state index contributed by atoms with van der Waals surface area (Å²) in [6, 6.07) is 2.87. The Labute approximate surface area is 179 Å². The summed E-state index contributed by atoms with van der Waals surface area (Å²) in [4.78, 5) is 12.9. The van der Waals surface area contributed by atoms with Crippen molar-refractivity contribution < 1.29 is 32.3 Å². The molecule has 12 heteroatoms. The first-order valence-electron chi connectivity index (χ1n) is 8.87. The van der Waals surface area contributed by atoms with Gasteiger partial charge in [-0.3, -0.25) is 14.7 Å². The SMILES string of the molecule is CSc1cc(NC(=O)c2c(Cl)c(C(C)(F)F)nn2CC2(C)CC(F)(F)C2)cc[n+]1O. The van der Waals surface area contributed by atoms with Crippen molar-refractivity contribution in [1.82, 2.24) is 9.78 Å². The summed E-state index contributed by atoms with van der Waals surface area (Å²) in [5, 5.41) is 15.9. The van der Waals surface area contributed by atoms with Crippen molar-refractivity contribution in [2.75, 3.05) is 11.6 Å². The lowest BCUT2D eigenvalue weighted by Crippen LogP contribution is -2.47. The van der Waals surface area contributed by atoms with E-state index < -0.39 is 46.7 Å². The summed E-state index contributed by atoms with van der Waals surface area (Å²) in [6.07, 6.45) is 2.12. The van der Waals surface area contributed by atoms with Crippen LogP contribution in [0.3, 0.4) is 0 Å². The number of amides is 1. The van der Waals surface area contributed by atoms with E-state index >= 15 is 0 Å². The Morgan fingerprint density at radius 1 is 1.47 bits per heavy atom. The van der Waals surface area contributed by atoms with Gasteiger partial charge in [0.25, 0.3) is 16.9 Å². The first-order chi connectivity index (χ1) is 13.7. The van der Waals surface area contributed by atoms with E-state index in [0.29, 0.717) is 11.9 Å². The van der Waals surface area contributed by atoms with Gasteiger partial charge in [0, 0.05) is 43.2 Å². The van der Waals surface area contributed by atoms with Crippen molar-refractivity contribution in [2.24, 2.45) is 5.41 Å². The van der Waals surface area contributed by atoms with Crippen molar-refractivity contribution in [3.63, 3.8) is 0 Å². The number of nitrogens with zero attached hydrogens (tertiary/aromatic N) is 3. The zero-order valence-corrected chi connectivity index (χ0v) is 17.9. The summed E-state index contributed by atoms with van der Waals surface area (Å²) in [6.45, 7) is 2.00. The molecule has 1 aliphatic carbocycles. The first-order valence-corrected chi connectivity index (χ1v) is 10.5. The third-order valence-corrected chi connectivity index (χ3v) is 5.88. The van der Waals surface area contributed by atoms with Crippen molar-refractivity contribution in [2.45, 2.75) is 50.1 Å². The highest BCUT2D eigenvalue weighted by molar-refractivity contribution is 7.98. The van der Waals surface area contributed by atoms with Crippen molar-refractivity contribution in [3.8, 4) is 0 Å². The lowest BCUT2D eigenvalue weighted by molar-refractivity contribution is -0.932. The molecule has 2 heterocycles. The van der Waals surface area contributed by atoms with Gasteiger partial charge in [0.2, 0.25) is 12.1 Å². The molecule has 30 heavy (non-hydrogen) atoms. The van der Waals surface area contributed by atoms with Crippen LogP contribution in [0.2, 0.25) is 5.02 Å². The minimum absolute atomic E-state index is 0.164. The van der Waals surface area contributed by atoms with Crippen LogP contribution in [0.15, 0.2) is 23.4 Å². The van der Waals surface area contributed by atoms with Crippen LogP contribution < -0.4 is 10.0 Å². The number of carbonyl (C=O) groups excluding carboxylic acids is 1. The van der Waals surface area contributed by atoms with E-state index in [4.69, 9.17) is 11.6 Å². The molecule has 0 saturated heterocycles. The lowest BCUT2D eigenvalue weighted by atomic mass is 9.67. The standard InChI is InChI=1S/C18H19ClF4N4O2S/c1-16(7-18(22,23)8-16)9-26-13(12(19)14(25-26)17(2,20)21)15(28)24-10-4-5-27(29)11(6-10)30-3/h4-6,29H,7-9H2,1-3H3/p+1. The smallest absolute Gasteiger partial charge is 0.292 e. The number of pyridine rings is 1. The summed E-state index contributed by atoms with van der Waals surface area (Å²) in [5.41, 5.74) is -1.76. The van der Waals surface area contributed by atoms with Gasteiger partial charge in [-0.05, 0) is 11.7 Å². The van der Waals surface area contributed by atoms with Crippen LogP contribution in [0.5, 0.6) is 0 Å². The number of nitrogens with one attached hydrogen (secondary N) is 1. The van der Waals surface area contributed by atoms with E-state index in [1.165, 1.54) is 30.1 Å². The van der Waals surface area contributed by atoms with Gasteiger partial charge >= 0.3 is 0 Å². The van der Waals surface area contributed by atoms with E-state index in [-0.39, 0.29) is 17.9 Å². The Morgan fingerprint density at radius 3 is 2.63 bits per heavy atom. The predicted molar refractivity (Wildman–Crippen MR) is 103 cm³/mol. The van der Waals surface area contributed by atoms with Crippen LogP contribution >= 0.6 is 23.4 Å². The molecule has 2 N–H and O–H groups in total. The van der Waals surface area contributed by atoms with Crippen molar-refractivity contribution in [3.05, 3.63) is 34.7 Å². The monoisotopic (exact) mass is 467 g/mol. The molecule has 1 amide bonds. The number of thioether (sulfide) groups is 1. The molecule has 6 nitrogen and oxygen atoms in total. The Kier molecular flexibility index (Phi) is 5.74. The summed E-state index contributed by atoms with van der Waals surface area (Å²) in [5.74, 6) is -7.08. The highest BCUT2D eigenvalue weighted by Gasteiger charge is 2.54. The summed E-state index contributed by atoms with van der Waals surface area (Å²) < 4.78 is 56.5. The molecule has 164 valence electrons. The Balaban J connectivity index is 1.95. The Bertz CT molecular complexity index is 985. The van der Waals surface area contributed by atoms with E-state index in [2.05, 4.69) is 10.4 Å². The minimum atomic E-state index is -3.43. The van der Waals surface area contributed by atoms with Crippen molar-refractivity contribution in [1.29, 1.82) is 0 Å². The van der Waals surface area contributed by atoms with Crippen LogP contribution in [-0.4, -0.2) is 33.1 Å². The third-order valence-electron chi connectivity index (χ3n) is 4.79.